The molecule has 1 heterocycles. The van der Waals surface area contributed by atoms with Crippen LogP contribution in [-0.2, 0) is 0 Å². The third kappa shape index (κ3) is 4.02. The van der Waals surface area contributed by atoms with Gasteiger partial charge in [-0.05, 0) is 6.42 Å². The van der Waals surface area contributed by atoms with E-state index in [9.17, 15) is 5.11 Å². The lowest BCUT2D eigenvalue weighted by molar-refractivity contribution is 0.390. The monoisotopic (exact) mass is 206 g/mol. The van der Waals surface area contributed by atoms with Crippen LogP contribution in [-0.4, -0.2) is 17.0 Å². The second-order valence-corrected chi connectivity index (χ2v) is 3.52. The first kappa shape index (κ1) is 11.6. The van der Waals surface area contributed by atoms with Gasteiger partial charge in [0.15, 0.2) is 0 Å². The van der Waals surface area contributed by atoms with Gasteiger partial charge in [0.05, 0.1) is 0 Å². The van der Waals surface area contributed by atoms with E-state index in [1.54, 1.807) is 0 Å². The van der Waals surface area contributed by atoms with E-state index in [1.165, 1.54) is 18.9 Å². The topological polar surface area (TPSA) is 58.6 Å². The molecule has 15 heavy (non-hydrogen) atoms. The molecule has 0 fully saturated rings. The van der Waals surface area contributed by atoms with Crippen LogP contribution in [0.3, 0.4) is 0 Å². The maximum Gasteiger partial charge on any atom is 0.128 e. The molecule has 3 heteroatoms. The maximum atomic E-state index is 9.39. The van der Waals surface area contributed by atoms with Crippen molar-refractivity contribution in [2.75, 3.05) is 0 Å². The second kappa shape index (κ2) is 6.06. The van der Waals surface area contributed by atoms with Crippen LogP contribution in [0.1, 0.15) is 26.2 Å². The average Bonchev–Trinajstić information content (AvgIpc) is 2.51. The Labute approximate surface area is 90.7 Å². The van der Waals surface area contributed by atoms with E-state index in [2.05, 4.69) is 18.0 Å². The highest BCUT2D eigenvalue weighted by Gasteiger charge is 2.14. The quantitative estimate of drug-likeness (QED) is 0.536. The number of aliphatic hydroxyl groups excluding tert-OH is 1. The molecule has 0 radical (unpaired) electrons. The molecule has 0 bridgehead atoms. The highest BCUT2D eigenvalue weighted by molar-refractivity contribution is 5.94. The molecule has 1 unspecified atom stereocenters. The molecule has 3 nitrogen and oxygen atoms in total. The Morgan fingerprint density at radius 2 is 2.33 bits per heavy atom. The van der Waals surface area contributed by atoms with Crippen molar-refractivity contribution in [1.29, 1.82) is 0 Å². The van der Waals surface area contributed by atoms with Crippen molar-refractivity contribution in [1.82, 2.24) is 0 Å². The highest BCUT2D eigenvalue weighted by atomic mass is 16.3. The number of nitrogens with two attached hydrogens (primary N) is 1. The van der Waals surface area contributed by atoms with E-state index < -0.39 is 0 Å². The minimum atomic E-state index is -0.291. The predicted octanol–water partition coefficient (Wildman–Crippen LogP) is 2.47. The number of nitrogens with zero attached hydrogens (tertiary/aromatic N) is 1. The zero-order chi connectivity index (χ0) is 11.1. The van der Waals surface area contributed by atoms with E-state index in [1.807, 2.05) is 18.2 Å². The highest BCUT2D eigenvalue weighted by Crippen LogP contribution is 2.11. The third-order valence-corrected chi connectivity index (χ3v) is 2.15. The van der Waals surface area contributed by atoms with Crippen LogP contribution >= 0.6 is 0 Å². The molecule has 0 spiro atoms. The zero-order valence-electron chi connectivity index (χ0n) is 9.06. The van der Waals surface area contributed by atoms with Crippen molar-refractivity contribution in [3.63, 3.8) is 0 Å². The third-order valence-electron chi connectivity index (χ3n) is 2.15. The van der Waals surface area contributed by atoms with E-state index in [4.69, 9.17) is 5.73 Å². The van der Waals surface area contributed by atoms with Gasteiger partial charge in [0.2, 0.25) is 0 Å². The zero-order valence-corrected chi connectivity index (χ0v) is 9.06. The number of rotatable bonds is 5. The normalized spacial score (nSPS) is 21.3. The molecule has 0 aromatic heterocycles. The number of unbranched alkanes of at least 4 members (excludes halogenated alkanes) is 2. The largest absolute Gasteiger partial charge is 0.510 e. The smallest absolute Gasteiger partial charge is 0.128 e. The number of amidine groups is 1. The van der Waals surface area contributed by atoms with Gasteiger partial charge in [-0.3, -0.25) is 4.99 Å². The van der Waals surface area contributed by atoms with Gasteiger partial charge in [-0.2, -0.15) is 0 Å². The first-order valence-corrected chi connectivity index (χ1v) is 5.31. The summed E-state index contributed by atoms with van der Waals surface area (Å²) in [6.07, 6.45) is 12.8. The van der Waals surface area contributed by atoms with Gasteiger partial charge in [-0.25, -0.2) is 0 Å². The summed E-state index contributed by atoms with van der Waals surface area (Å²) >= 11 is 0. The first-order chi connectivity index (χ1) is 7.24. The predicted molar refractivity (Wildman–Crippen MR) is 63.9 cm³/mol. The van der Waals surface area contributed by atoms with Gasteiger partial charge in [0.1, 0.15) is 17.6 Å². The molecule has 0 saturated carbocycles. The standard InChI is InChI=1S/C12H18N2O/c1-2-3-4-5-6-7-8-10-11(15)9-12(13)14-10/h5-10,15H,2-4H2,1H3,(H2,13,14)/b6-5+,8-7+. The number of hydrogen-bond donors (Lipinski definition) is 2. The van der Waals surface area contributed by atoms with Gasteiger partial charge in [0, 0.05) is 6.08 Å². The summed E-state index contributed by atoms with van der Waals surface area (Å²) in [5, 5.41) is 9.39. The van der Waals surface area contributed by atoms with E-state index >= 15 is 0 Å². The molecule has 0 amide bonds. The summed E-state index contributed by atoms with van der Waals surface area (Å²) in [4.78, 5) is 4.03. The maximum absolute atomic E-state index is 9.39. The summed E-state index contributed by atoms with van der Waals surface area (Å²) in [5.74, 6) is 0.600. The average molecular weight is 206 g/mol. The van der Waals surface area contributed by atoms with Crippen LogP contribution in [0, 0.1) is 0 Å². The van der Waals surface area contributed by atoms with Crippen molar-refractivity contribution in [3.05, 3.63) is 36.1 Å². The fraction of sp³-hybridized carbons (Fsp3) is 0.417. The van der Waals surface area contributed by atoms with Crippen LogP contribution in [0.15, 0.2) is 41.1 Å². The summed E-state index contributed by atoms with van der Waals surface area (Å²) in [6, 6.07) is -0.291. The molecule has 3 N–H and O–H groups in total. The van der Waals surface area contributed by atoms with Gasteiger partial charge < -0.3 is 10.8 Å². The number of hydrogen-bond acceptors (Lipinski definition) is 3. The second-order valence-electron chi connectivity index (χ2n) is 3.52. The van der Waals surface area contributed by atoms with Crippen LogP contribution in [0.5, 0.6) is 0 Å². The lowest BCUT2D eigenvalue weighted by Crippen LogP contribution is -2.05. The van der Waals surface area contributed by atoms with Gasteiger partial charge in [-0.1, -0.05) is 44.1 Å². The molecule has 1 rings (SSSR count). The van der Waals surface area contributed by atoms with Gasteiger partial charge in [-0.15, -0.1) is 0 Å². The van der Waals surface area contributed by atoms with Crippen molar-refractivity contribution < 1.29 is 5.11 Å². The Kier molecular flexibility index (Phi) is 4.68. The molecule has 0 aromatic rings. The summed E-state index contributed by atoms with van der Waals surface area (Å²) in [7, 11) is 0. The molecule has 82 valence electrons. The fourth-order valence-corrected chi connectivity index (χ4v) is 1.31. The number of aliphatic hydroxyl groups is 1. The van der Waals surface area contributed by atoms with Crippen molar-refractivity contribution >= 4 is 5.84 Å². The van der Waals surface area contributed by atoms with Gasteiger partial charge >= 0.3 is 0 Å². The minimum Gasteiger partial charge on any atom is -0.510 e. The summed E-state index contributed by atoms with van der Waals surface area (Å²) in [6.45, 7) is 2.17. The van der Waals surface area contributed by atoms with Crippen LogP contribution in [0.4, 0.5) is 0 Å². The molecular formula is C12H18N2O. The molecule has 1 atom stereocenters. The summed E-state index contributed by atoms with van der Waals surface area (Å²) < 4.78 is 0. The molecular weight excluding hydrogens is 188 g/mol. The Bertz CT molecular complexity index is 314. The molecule has 0 aliphatic carbocycles. The Balaban J connectivity index is 2.33. The SMILES string of the molecule is CCCC/C=C/C=C/C1N=C(N)C=C1O. The van der Waals surface area contributed by atoms with Crippen molar-refractivity contribution in [3.8, 4) is 0 Å². The molecule has 1 aliphatic rings. The Morgan fingerprint density at radius 1 is 1.53 bits per heavy atom. The number of aliphatic imine (C=N–C) groups is 1. The lowest BCUT2D eigenvalue weighted by atomic mass is 10.2. The molecule has 1 aliphatic heterocycles. The van der Waals surface area contributed by atoms with Crippen LogP contribution in [0.2, 0.25) is 0 Å². The first-order valence-electron chi connectivity index (χ1n) is 5.31. The van der Waals surface area contributed by atoms with E-state index in [0.717, 1.165) is 6.42 Å². The fourth-order valence-electron chi connectivity index (χ4n) is 1.31. The van der Waals surface area contributed by atoms with Crippen LogP contribution in [0.25, 0.3) is 0 Å². The van der Waals surface area contributed by atoms with Crippen molar-refractivity contribution in [2.45, 2.75) is 32.2 Å². The lowest BCUT2D eigenvalue weighted by Gasteiger charge is -1.98. The van der Waals surface area contributed by atoms with Crippen LogP contribution < -0.4 is 5.73 Å². The van der Waals surface area contributed by atoms with E-state index in [-0.39, 0.29) is 11.8 Å². The van der Waals surface area contributed by atoms with E-state index in [0.29, 0.717) is 5.84 Å². The van der Waals surface area contributed by atoms with Crippen molar-refractivity contribution in [2.24, 2.45) is 10.7 Å². The Morgan fingerprint density at radius 3 is 2.93 bits per heavy atom. The van der Waals surface area contributed by atoms with Gasteiger partial charge in [0.25, 0.3) is 0 Å². The summed E-state index contributed by atoms with van der Waals surface area (Å²) in [5.41, 5.74) is 5.45. The molecule has 0 aromatic carbocycles. The number of allylic oxidation sites excluding steroid dienone is 3. The Hall–Kier alpha value is -1.51. The minimum absolute atomic E-state index is 0.214. The molecule has 0 saturated heterocycles.